The molecular formula is C19H25N5O2S. The van der Waals surface area contributed by atoms with Gasteiger partial charge < -0.3 is 10.6 Å². The van der Waals surface area contributed by atoms with Crippen LogP contribution in [0.1, 0.15) is 44.9 Å². The first-order valence-electron chi connectivity index (χ1n) is 9.30. The SMILES string of the molecule is CC(=O)Nc1cccc(NC(=O)CSc2n[nH]c(CCC3CCCC3)n2)c1. The highest BCUT2D eigenvalue weighted by molar-refractivity contribution is 7.99. The maximum Gasteiger partial charge on any atom is 0.234 e. The summed E-state index contributed by atoms with van der Waals surface area (Å²) >= 11 is 1.31. The number of aryl methyl sites for hydroxylation is 1. The number of thioether (sulfide) groups is 1. The molecule has 0 saturated heterocycles. The molecule has 8 heteroatoms. The summed E-state index contributed by atoms with van der Waals surface area (Å²) in [5.74, 6) is 1.65. The maximum atomic E-state index is 12.1. The quantitative estimate of drug-likeness (QED) is 0.601. The van der Waals surface area contributed by atoms with Gasteiger partial charge in [-0.2, -0.15) is 0 Å². The zero-order chi connectivity index (χ0) is 19.1. The Morgan fingerprint density at radius 2 is 1.96 bits per heavy atom. The molecule has 0 unspecified atom stereocenters. The summed E-state index contributed by atoms with van der Waals surface area (Å²) in [7, 11) is 0. The molecule has 0 spiro atoms. The highest BCUT2D eigenvalue weighted by atomic mass is 32.2. The monoisotopic (exact) mass is 387 g/mol. The van der Waals surface area contributed by atoms with E-state index in [1.54, 1.807) is 24.3 Å². The number of aromatic amines is 1. The minimum absolute atomic E-state index is 0.141. The Labute approximate surface area is 163 Å². The highest BCUT2D eigenvalue weighted by Crippen LogP contribution is 2.28. The largest absolute Gasteiger partial charge is 0.326 e. The number of hydrogen-bond acceptors (Lipinski definition) is 5. The molecule has 7 nitrogen and oxygen atoms in total. The molecule has 3 N–H and O–H groups in total. The fourth-order valence-corrected chi connectivity index (χ4v) is 3.92. The normalized spacial score (nSPS) is 14.3. The highest BCUT2D eigenvalue weighted by Gasteiger charge is 2.16. The molecule has 2 amide bonds. The second-order valence-electron chi connectivity index (χ2n) is 6.85. The second kappa shape index (κ2) is 9.55. The van der Waals surface area contributed by atoms with Crippen LogP contribution in [0.4, 0.5) is 11.4 Å². The Balaban J connectivity index is 1.43. The van der Waals surface area contributed by atoms with Gasteiger partial charge in [0.05, 0.1) is 5.75 Å². The molecule has 3 rings (SSSR count). The average molecular weight is 388 g/mol. The van der Waals surface area contributed by atoms with Gasteiger partial charge in [0, 0.05) is 24.7 Å². The molecule has 1 fully saturated rings. The molecule has 1 aromatic carbocycles. The number of nitrogens with one attached hydrogen (secondary N) is 3. The summed E-state index contributed by atoms with van der Waals surface area (Å²) < 4.78 is 0. The van der Waals surface area contributed by atoms with Gasteiger partial charge >= 0.3 is 0 Å². The predicted octanol–water partition coefficient (Wildman–Crippen LogP) is 3.62. The van der Waals surface area contributed by atoms with Gasteiger partial charge in [0.2, 0.25) is 17.0 Å². The van der Waals surface area contributed by atoms with Crippen molar-refractivity contribution in [3.63, 3.8) is 0 Å². The van der Waals surface area contributed by atoms with Crippen LogP contribution in [-0.4, -0.2) is 32.7 Å². The zero-order valence-corrected chi connectivity index (χ0v) is 16.3. The first kappa shape index (κ1) is 19.4. The van der Waals surface area contributed by atoms with Gasteiger partial charge in [-0.05, 0) is 30.5 Å². The Morgan fingerprint density at radius 1 is 1.22 bits per heavy atom. The molecule has 144 valence electrons. The summed E-state index contributed by atoms with van der Waals surface area (Å²) in [6.45, 7) is 1.45. The number of hydrogen-bond donors (Lipinski definition) is 3. The van der Waals surface area contributed by atoms with Crippen LogP contribution in [0.5, 0.6) is 0 Å². The van der Waals surface area contributed by atoms with E-state index in [-0.39, 0.29) is 17.6 Å². The number of carbonyl (C=O) groups excluding carboxylic acids is 2. The lowest BCUT2D eigenvalue weighted by Crippen LogP contribution is -2.14. The summed E-state index contributed by atoms with van der Waals surface area (Å²) in [6, 6.07) is 7.05. The third-order valence-electron chi connectivity index (χ3n) is 4.57. The van der Waals surface area contributed by atoms with Gasteiger partial charge in [-0.3, -0.25) is 14.7 Å². The van der Waals surface area contributed by atoms with Crippen molar-refractivity contribution < 1.29 is 9.59 Å². The minimum Gasteiger partial charge on any atom is -0.326 e. The van der Waals surface area contributed by atoms with Crippen molar-refractivity contribution in [3.8, 4) is 0 Å². The van der Waals surface area contributed by atoms with Crippen LogP contribution in [0.3, 0.4) is 0 Å². The number of anilines is 2. The van der Waals surface area contributed by atoms with E-state index in [1.165, 1.54) is 44.4 Å². The fraction of sp³-hybridized carbons (Fsp3) is 0.474. The van der Waals surface area contributed by atoms with Crippen molar-refractivity contribution in [2.45, 2.75) is 50.6 Å². The zero-order valence-electron chi connectivity index (χ0n) is 15.5. The lowest BCUT2D eigenvalue weighted by Gasteiger charge is -2.07. The Bertz CT molecular complexity index is 786. The van der Waals surface area contributed by atoms with Crippen LogP contribution in [0.2, 0.25) is 0 Å². The molecule has 1 aliphatic rings. The topological polar surface area (TPSA) is 99.8 Å². The Morgan fingerprint density at radius 3 is 2.70 bits per heavy atom. The van der Waals surface area contributed by atoms with E-state index < -0.39 is 0 Å². The standard InChI is InChI=1S/C19H25N5O2S/c1-13(25)20-15-7-4-8-16(11-15)21-18(26)12-27-19-22-17(23-24-19)10-9-14-5-2-3-6-14/h4,7-8,11,14H,2-3,5-6,9-10,12H2,1H3,(H,20,25)(H,21,26)(H,22,23,24). The lowest BCUT2D eigenvalue weighted by molar-refractivity contribution is -0.114. The molecule has 0 atom stereocenters. The molecule has 0 bridgehead atoms. The molecule has 0 aliphatic heterocycles. The van der Waals surface area contributed by atoms with Gasteiger partial charge in [0.1, 0.15) is 5.82 Å². The number of H-pyrrole nitrogens is 1. The molecule has 0 radical (unpaired) electrons. The van der Waals surface area contributed by atoms with Crippen molar-refractivity contribution in [3.05, 3.63) is 30.1 Å². The second-order valence-corrected chi connectivity index (χ2v) is 7.80. The molecule has 2 aromatic rings. The summed E-state index contributed by atoms with van der Waals surface area (Å²) in [4.78, 5) is 27.7. The Hall–Kier alpha value is -2.35. The molecule has 1 aromatic heterocycles. The number of amides is 2. The average Bonchev–Trinajstić information content (AvgIpc) is 3.30. The van der Waals surface area contributed by atoms with Crippen molar-refractivity contribution in [1.82, 2.24) is 15.2 Å². The predicted molar refractivity (Wildman–Crippen MR) is 107 cm³/mol. The smallest absolute Gasteiger partial charge is 0.234 e. The van der Waals surface area contributed by atoms with Crippen molar-refractivity contribution in [2.75, 3.05) is 16.4 Å². The van der Waals surface area contributed by atoms with E-state index in [1.807, 2.05) is 0 Å². The Kier molecular flexibility index (Phi) is 6.86. The van der Waals surface area contributed by atoms with E-state index in [4.69, 9.17) is 0 Å². The van der Waals surface area contributed by atoms with Crippen LogP contribution < -0.4 is 10.6 Å². The van der Waals surface area contributed by atoms with Gasteiger partial charge in [-0.25, -0.2) is 4.98 Å². The van der Waals surface area contributed by atoms with E-state index in [9.17, 15) is 9.59 Å². The van der Waals surface area contributed by atoms with Crippen LogP contribution in [0.15, 0.2) is 29.4 Å². The lowest BCUT2D eigenvalue weighted by atomic mass is 10.0. The number of benzene rings is 1. The maximum absolute atomic E-state index is 12.1. The number of rotatable bonds is 8. The van der Waals surface area contributed by atoms with E-state index >= 15 is 0 Å². The summed E-state index contributed by atoms with van der Waals surface area (Å²) in [5.41, 5.74) is 1.29. The first-order valence-corrected chi connectivity index (χ1v) is 10.3. The molecule has 1 saturated carbocycles. The first-order chi connectivity index (χ1) is 13.1. The van der Waals surface area contributed by atoms with Crippen LogP contribution >= 0.6 is 11.8 Å². The van der Waals surface area contributed by atoms with Gasteiger partial charge in [-0.15, -0.1) is 5.10 Å². The number of carbonyl (C=O) groups is 2. The molecule has 1 heterocycles. The molecular weight excluding hydrogens is 362 g/mol. The van der Waals surface area contributed by atoms with Crippen LogP contribution in [-0.2, 0) is 16.0 Å². The van der Waals surface area contributed by atoms with E-state index in [2.05, 4.69) is 25.8 Å². The summed E-state index contributed by atoms with van der Waals surface area (Å²) in [5, 5.41) is 13.3. The van der Waals surface area contributed by atoms with Crippen molar-refractivity contribution >= 4 is 35.0 Å². The third-order valence-corrected chi connectivity index (χ3v) is 5.42. The summed E-state index contributed by atoms with van der Waals surface area (Å²) in [6.07, 6.45) is 7.44. The minimum atomic E-state index is -0.151. The fourth-order valence-electron chi connectivity index (χ4n) is 3.30. The van der Waals surface area contributed by atoms with Crippen molar-refractivity contribution in [2.24, 2.45) is 5.92 Å². The molecule has 27 heavy (non-hydrogen) atoms. The number of nitrogens with zero attached hydrogens (tertiary/aromatic N) is 2. The van der Waals surface area contributed by atoms with Crippen LogP contribution in [0, 0.1) is 5.92 Å². The third kappa shape index (κ3) is 6.39. The van der Waals surface area contributed by atoms with E-state index in [0.717, 1.165) is 24.6 Å². The van der Waals surface area contributed by atoms with Crippen molar-refractivity contribution in [1.29, 1.82) is 0 Å². The van der Waals surface area contributed by atoms with Gasteiger partial charge in [0.15, 0.2) is 0 Å². The van der Waals surface area contributed by atoms with Crippen LogP contribution in [0.25, 0.3) is 0 Å². The molecule has 1 aliphatic carbocycles. The van der Waals surface area contributed by atoms with Gasteiger partial charge in [-0.1, -0.05) is 43.5 Å². The number of aromatic nitrogens is 3. The van der Waals surface area contributed by atoms with E-state index in [0.29, 0.717) is 16.5 Å². The van der Waals surface area contributed by atoms with Gasteiger partial charge in [0.25, 0.3) is 0 Å².